The first-order valence-electron chi connectivity index (χ1n) is 5.57. The molecule has 1 unspecified atom stereocenters. The number of amides is 1. The summed E-state index contributed by atoms with van der Waals surface area (Å²) in [5.74, 6) is -0.257. The van der Waals surface area contributed by atoms with Crippen molar-refractivity contribution in [2.75, 3.05) is 5.32 Å². The third-order valence-electron chi connectivity index (χ3n) is 2.94. The number of aromatic nitrogens is 1. The molecule has 1 aromatic carbocycles. The second kappa shape index (κ2) is 4.84. The van der Waals surface area contributed by atoms with Gasteiger partial charge in [0.15, 0.2) is 0 Å². The van der Waals surface area contributed by atoms with Crippen molar-refractivity contribution in [3.05, 3.63) is 22.7 Å². The number of nitrogens with one attached hydrogen (secondary N) is 1. The van der Waals surface area contributed by atoms with Crippen LogP contribution in [0.3, 0.4) is 0 Å². The van der Waals surface area contributed by atoms with E-state index in [1.807, 2.05) is 13.0 Å². The first-order chi connectivity index (χ1) is 8.45. The third kappa shape index (κ3) is 2.34. The molecular weight excluding hydrogens is 270 g/mol. The number of fused-ring (bicyclic) bond motifs is 1. The third-order valence-corrected chi connectivity index (χ3v) is 4.05. The summed E-state index contributed by atoms with van der Waals surface area (Å²) in [7, 11) is 0. The molecular formula is C12H14ClN3OS. The Morgan fingerprint density at radius 2 is 2.33 bits per heavy atom. The van der Waals surface area contributed by atoms with E-state index in [-0.39, 0.29) is 5.91 Å². The normalized spacial score (nSPS) is 14.4. The van der Waals surface area contributed by atoms with Crippen LogP contribution in [-0.2, 0) is 4.79 Å². The number of hydrogen-bond acceptors (Lipinski definition) is 4. The minimum atomic E-state index is -0.915. The smallest absolute Gasteiger partial charge is 0.244 e. The van der Waals surface area contributed by atoms with E-state index in [0.717, 1.165) is 4.70 Å². The summed E-state index contributed by atoms with van der Waals surface area (Å²) in [4.78, 5) is 16.3. The SMILES string of the molecule is CCC(C)(N)C(=O)Nc1c(Cl)ccc2scnc12. The quantitative estimate of drug-likeness (QED) is 0.910. The fourth-order valence-corrected chi connectivity index (χ4v) is 2.33. The average Bonchev–Trinajstić information content (AvgIpc) is 2.81. The number of benzene rings is 1. The van der Waals surface area contributed by atoms with Gasteiger partial charge in [-0.15, -0.1) is 11.3 Å². The number of carbonyl (C=O) groups is 1. The van der Waals surface area contributed by atoms with Gasteiger partial charge in [-0.2, -0.15) is 0 Å². The van der Waals surface area contributed by atoms with Crippen molar-refractivity contribution in [2.45, 2.75) is 25.8 Å². The summed E-state index contributed by atoms with van der Waals surface area (Å²) in [5.41, 5.74) is 7.94. The van der Waals surface area contributed by atoms with Crippen LogP contribution in [0, 0.1) is 0 Å². The van der Waals surface area contributed by atoms with Crippen LogP contribution in [0.2, 0.25) is 5.02 Å². The molecule has 1 aromatic heterocycles. The Bertz CT molecular complexity index is 594. The molecule has 2 aromatic rings. The van der Waals surface area contributed by atoms with Gasteiger partial charge in [0.1, 0.15) is 5.52 Å². The zero-order chi connectivity index (χ0) is 13.3. The highest BCUT2D eigenvalue weighted by atomic mass is 35.5. The number of halogens is 1. The number of anilines is 1. The van der Waals surface area contributed by atoms with Gasteiger partial charge in [-0.1, -0.05) is 18.5 Å². The molecule has 96 valence electrons. The van der Waals surface area contributed by atoms with E-state index in [1.54, 1.807) is 18.5 Å². The van der Waals surface area contributed by atoms with Gasteiger partial charge in [0.05, 0.1) is 26.5 Å². The van der Waals surface area contributed by atoms with E-state index in [0.29, 0.717) is 22.6 Å². The molecule has 0 aliphatic carbocycles. The van der Waals surface area contributed by atoms with Crippen LogP contribution in [0.15, 0.2) is 17.6 Å². The molecule has 4 nitrogen and oxygen atoms in total. The van der Waals surface area contributed by atoms with Crippen molar-refractivity contribution in [1.29, 1.82) is 0 Å². The van der Waals surface area contributed by atoms with Crippen molar-refractivity contribution in [3.63, 3.8) is 0 Å². The highest BCUT2D eigenvalue weighted by Crippen LogP contribution is 2.32. The fraction of sp³-hybridized carbons (Fsp3) is 0.333. The van der Waals surface area contributed by atoms with E-state index in [2.05, 4.69) is 10.3 Å². The number of carbonyl (C=O) groups excluding carboxylic acids is 1. The molecule has 0 aliphatic heterocycles. The Kier molecular flexibility index (Phi) is 3.56. The number of thiazole rings is 1. The lowest BCUT2D eigenvalue weighted by molar-refractivity contribution is -0.120. The standard InChI is InChI=1S/C12H14ClN3OS/c1-3-12(2,14)11(17)16-9-7(13)4-5-8-10(9)15-6-18-8/h4-6H,3,14H2,1-2H3,(H,16,17). The molecule has 0 fully saturated rings. The van der Waals surface area contributed by atoms with Crippen molar-refractivity contribution in [2.24, 2.45) is 5.73 Å². The van der Waals surface area contributed by atoms with Crippen LogP contribution in [0.4, 0.5) is 5.69 Å². The predicted octanol–water partition coefficient (Wildman–Crippen LogP) is 3.02. The lowest BCUT2D eigenvalue weighted by Crippen LogP contribution is -2.47. The molecule has 0 radical (unpaired) electrons. The maximum Gasteiger partial charge on any atom is 0.244 e. The first kappa shape index (κ1) is 13.3. The van der Waals surface area contributed by atoms with Crippen LogP contribution < -0.4 is 11.1 Å². The molecule has 0 saturated heterocycles. The van der Waals surface area contributed by atoms with Crippen LogP contribution in [0.25, 0.3) is 10.2 Å². The number of nitrogens with zero attached hydrogens (tertiary/aromatic N) is 1. The maximum atomic E-state index is 12.1. The van der Waals surface area contributed by atoms with Crippen molar-refractivity contribution < 1.29 is 4.79 Å². The van der Waals surface area contributed by atoms with Crippen molar-refractivity contribution >= 4 is 44.7 Å². The highest BCUT2D eigenvalue weighted by Gasteiger charge is 2.27. The molecule has 0 bridgehead atoms. The van der Waals surface area contributed by atoms with Gasteiger partial charge in [0.2, 0.25) is 5.91 Å². The number of hydrogen-bond donors (Lipinski definition) is 2. The van der Waals surface area contributed by atoms with E-state index >= 15 is 0 Å². The second-order valence-corrected chi connectivity index (χ2v) is 5.64. The zero-order valence-corrected chi connectivity index (χ0v) is 11.7. The zero-order valence-electron chi connectivity index (χ0n) is 10.2. The van der Waals surface area contributed by atoms with Gasteiger partial charge in [-0.25, -0.2) is 4.98 Å². The van der Waals surface area contributed by atoms with Crippen molar-refractivity contribution in [1.82, 2.24) is 4.98 Å². The number of nitrogens with two attached hydrogens (primary N) is 1. The Labute approximate surface area is 114 Å². The van der Waals surface area contributed by atoms with Gasteiger partial charge in [0, 0.05) is 0 Å². The highest BCUT2D eigenvalue weighted by molar-refractivity contribution is 7.16. The second-order valence-electron chi connectivity index (χ2n) is 4.35. The Morgan fingerprint density at radius 3 is 3.00 bits per heavy atom. The average molecular weight is 284 g/mol. The van der Waals surface area contributed by atoms with Gasteiger partial charge in [0.25, 0.3) is 0 Å². The maximum absolute atomic E-state index is 12.1. The molecule has 1 amide bonds. The molecule has 2 rings (SSSR count). The summed E-state index contributed by atoms with van der Waals surface area (Å²) < 4.78 is 0.977. The first-order valence-corrected chi connectivity index (χ1v) is 6.83. The van der Waals surface area contributed by atoms with Crippen LogP contribution in [-0.4, -0.2) is 16.4 Å². The Balaban J connectivity index is 2.40. The molecule has 1 heterocycles. The minimum Gasteiger partial charge on any atom is -0.321 e. The van der Waals surface area contributed by atoms with Crippen LogP contribution in [0.1, 0.15) is 20.3 Å². The molecule has 1 atom stereocenters. The predicted molar refractivity (Wildman–Crippen MR) is 76.1 cm³/mol. The summed E-state index contributed by atoms with van der Waals surface area (Å²) >= 11 is 7.60. The van der Waals surface area contributed by atoms with Crippen molar-refractivity contribution in [3.8, 4) is 0 Å². The van der Waals surface area contributed by atoms with Gasteiger partial charge < -0.3 is 11.1 Å². The van der Waals surface area contributed by atoms with Gasteiger partial charge >= 0.3 is 0 Å². The lowest BCUT2D eigenvalue weighted by atomic mass is 9.99. The van der Waals surface area contributed by atoms with E-state index in [9.17, 15) is 4.79 Å². The van der Waals surface area contributed by atoms with Crippen LogP contribution >= 0.6 is 22.9 Å². The summed E-state index contributed by atoms with van der Waals surface area (Å²) in [6, 6.07) is 3.63. The Morgan fingerprint density at radius 1 is 1.61 bits per heavy atom. The molecule has 18 heavy (non-hydrogen) atoms. The molecule has 0 spiro atoms. The Hall–Kier alpha value is -1.17. The van der Waals surface area contributed by atoms with E-state index in [4.69, 9.17) is 17.3 Å². The van der Waals surface area contributed by atoms with Gasteiger partial charge in [-0.05, 0) is 25.5 Å². The molecule has 0 saturated carbocycles. The lowest BCUT2D eigenvalue weighted by Gasteiger charge is -2.22. The van der Waals surface area contributed by atoms with Crippen LogP contribution in [0.5, 0.6) is 0 Å². The monoisotopic (exact) mass is 283 g/mol. The fourth-order valence-electron chi connectivity index (χ4n) is 1.44. The number of rotatable bonds is 3. The summed E-state index contributed by atoms with van der Waals surface area (Å²) in [5, 5.41) is 3.25. The molecule has 0 aliphatic rings. The van der Waals surface area contributed by atoms with E-state index in [1.165, 1.54) is 11.3 Å². The minimum absolute atomic E-state index is 0.257. The van der Waals surface area contributed by atoms with Gasteiger partial charge in [-0.3, -0.25) is 4.79 Å². The topological polar surface area (TPSA) is 68.0 Å². The summed E-state index contributed by atoms with van der Waals surface area (Å²) in [6.45, 7) is 3.56. The molecule has 3 N–H and O–H groups in total. The largest absolute Gasteiger partial charge is 0.321 e. The van der Waals surface area contributed by atoms with E-state index < -0.39 is 5.54 Å². The molecule has 6 heteroatoms. The summed E-state index contributed by atoms with van der Waals surface area (Å²) in [6.07, 6.45) is 0.545.